The van der Waals surface area contributed by atoms with Gasteiger partial charge < -0.3 is 24.9 Å². The zero-order valence-corrected chi connectivity index (χ0v) is 18.0. The lowest BCUT2D eigenvalue weighted by molar-refractivity contribution is 0.208. The predicted octanol–water partition coefficient (Wildman–Crippen LogP) is 3.46. The Hall–Kier alpha value is -2.87. The van der Waals surface area contributed by atoms with Gasteiger partial charge in [-0.05, 0) is 56.9 Å². The van der Waals surface area contributed by atoms with Crippen LogP contribution >= 0.6 is 0 Å². The molecule has 1 unspecified atom stereocenters. The van der Waals surface area contributed by atoms with Crippen LogP contribution in [0.25, 0.3) is 0 Å². The predicted molar refractivity (Wildman–Crippen MR) is 120 cm³/mol. The first-order valence-corrected chi connectivity index (χ1v) is 10.7. The molecule has 2 aromatic carbocycles. The lowest BCUT2D eigenvalue weighted by Gasteiger charge is -2.36. The number of amides is 2. The van der Waals surface area contributed by atoms with Gasteiger partial charge in [0.15, 0.2) is 0 Å². The van der Waals surface area contributed by atoms with Crippen LogP contribution in [0.5, 0.6) is 0 Å². The van der Waals surface area contributed by atoms with Gasteiger partial charge in [-0.15, -0.1) is 0 Å². The van der Waals surface area contributed by atoms with E-state index in [0.29, 0.717) is 37.9 Å². The number of anilines is 3. The molecule has 6 nitrogen and oxygen atoms in total. The van der Waals surface area contributed by atoms with Gasteiger partial charge in [0, 0.05) is 62.8 Å². The van der Waals surface area contributed by atoms with Crippen LogP contribution in [0, 0.1) is 11.6 Å². The number of carbonyl (C=O) groups excluding carboxylic acids is 1. The quantitative estimate of drug-likeness (QED) is 0.808. The summed E-state index contributed by atoms with van der Waals surface area (Å²) in [6.45, 7) is 3.99. The highest BCUT2D eigenvalue weighted by molar-refractivity contribution is 5.89. The number of piperazine rings is 1. The Labute approximate surface area is 182 Å². The maximum absolute atomic E-state index is 14.0. The highest BCUT2D eigenvalue weighted by Gasteiger charge is 2.25. The van der Waals surface area contributed by atoms with Crippen LogP contribution in [0.3, 0.4) is 0 Å². The van der Waals surface area contributed by atoms with E-state index < -0.39 is 11.6 Å². The van der Waals surface area contributed by atoms with Gasteiger partial charge >= 0.3 is 6.03 Å². The first kappa shape index (κ1) is 21.4. The Morgan fingerprint density at radius 2 is 1.68 bits per heavy atom. The molecule has 2 heterocycles. The van der Waals surface area contributed by atoms with E-state index in [2.05, 4.69) is 29.2 Å². The standard InChI is InChI=1S/C23H29F2N5O/c1-27(2)20-9-10-30(16-20)19-6-4-18(5-7-19)26-23(31)29-13-11-28(12-14-29)22-8-3-17(24)15-21(22)25/h3-8,15,20H,9-14,16H2,1-2H3,(H,26,31). The van der Waals surface area contributed by atoms with E-state index in [1.165, 1.54) is 12.1 Å². The van der Waals surface area contributed by atoms with Gasteiger partial charge in [-0.1, -0.05) is 0 Å². The van der Waals surface area contributed by atoms with E-state index in [4.69, 9.17) is 0 Å². The molecule has 0 spiro atoms. The minimum Gasteiger partial charge on any atom is -0.370 e. The second kappa shape index (κ2) is 9.09. The molecule has 2 fully saturated rings. The molecule has 0 saturated carbocycles. The van der Waals surface area contributed by atoms with Gasteiger partial charge in [0.05, 0.1) is 5.69 Å². The summed E-state index contributed by atoms with van der Waals surface area (Å²) in [5.74, 6) is -1.17. The number of nitrogens with one attached hydrogen (secondary N) is 1. The van der Waals surface area contributed by atoms with E-state index in [0.717, 1.165) is 37.0 Å². The zero-order chi connectivity index (χ0) is 22.0. The zero-order valence-electron chi connectivity index (χ0n) is 18.0. The molecule has 8 heteroatoms. The Morgan fingerprint density at radius 1 is 0.968 bits per heavy atom. The lowest BCUT2D eigenvalue weighted by Crippen LogP contribution is -2.50. The van der Waals surface area contributed by atoms with Gasteiger partial charge in [0.25, 0.3) is 0 Å². The summed E-state index contributed by atoms with van der Waals surface area (Å²) in [4.78, 5) is 20.8. The van der Waals surface area contributed by atoms with E-state index in [1.807, 2.05) is 29.2 Å². The molecule has 2 aromatic rings. The number of carbonyl (C=O) groups is 1. The van der Waals surface area contributed by atoms with Crippen molar-refractivity contribution in [2.45, 2.75) is 12.5 Å². The number of hydrogen-bond donors (Lipinski definition) is 1. The van der Waals surface area contributed by atoms with Gasteiger partial charge in [0.1, 0.15) is 11.6 Å². The third kappa shape index (κ3) is 4.90. The maximum atomic E-state index is 14.0. The van der Waals surface area contributed by atoms with Crippen LogP contribution in [-0.2, 0) is 0 Å². The Morgan fingerprint density at radius 3 is 2.29 bits per heavy atom. The topological polar surface area (TPSA) is 42.1 Å². The first-order chi connectivity index (χ1) is 14.9. The number of urea groups is 1. The van der Waals surface area contributed by atoms with Crippen LogP contribution < -0.4 is 15.1 Å². The minimum atomic E-state index is -0.590. The molecule has 1 N–H and O–H groups in total. The van der Waals surface area contributed by atoms with E-state index in [1.54, 1.807) is 4.90 Å². The largest absolute Gasteiger partial charge is 0.370 e. The average molecular weight is 430 g/mol. The molecule has 4 rings (SSSR count). The highest BCUT2D eigenvalue weighted by Crippen LogP contribution is 2.25. The van der Waals surface area contributed by atoms with Crippen LogP contribution in [0.2, 0.25) is 0 Å². The third-order valence-corrected chi connectivity index (χ3v) is 6.19. The summed E-state index contributed by atoms with van der Waals surface area (Å²) < 4.78 is 27.1. The van der Waals surface area contributed by atoms with Crippen molar-refractivity contribution in [2.75, 3.05) is 68.5 Å². The van der Waals surface area contributed by atoms with Crippen LogP contribution in [0.15, 0.2) is 42.5 Å². The summed E-state index contributed by atoms with van der Waals surface area (Å²) in [6, 6.07) is 11.9. The molecule has 2 saturated heterocycles. The number of likely N-dealkylation sites (N-methyl/N-ethyl adjacent to an activating group) is 1. The number of nitrogens with zero attached hydrogens (tertiary/aromatic N) is 4. The molecule has 0 aliphatic carbocycles. The first-order valence-electron chi connectivity index (χ1n) is 10.7. The smallest absolute Gasteiger partial charge is 0.321 e. The van der Waals surface area contributed by atoms with Crippen LogP contribution in [0.4, 0.5) is 30.6 Å². The number of hydrogen-bond acceptors (Lipinski definition) is 4. The second-order valence-corrected chi connectivity index (χ2v) is 8.40. The SMILES string of the molecule is CN(C)C1CCN(c2ccc(NC(=O)N3CCN(c4ccc(F)cc4F)CC3)cc2)C1. The van der Waals surface area contributed by atoms with Crippen molar-refractivity contribution < 1.29 is 13.6 Å². The average Bonchev–Trinajstić information content (AvgIpc) is 3.25. The van der Waals surface area contributed by atoms with Crippen LogP contribution in [0.1, 0.15) is 6.42 Å². The molecule has 2 aliphatic heterocycles. The van der Waals surface area contributed by atoms with Gasteiger partial charge in [0.2, 0.25) is 0 Å². The molecular weight excluding hydrogens is 400 g/mol. The van der Waals surface area contributed by atoms with Gasteiger partial charge in [-0.3, -0.25) is 0 Å². The van der Waals surface area contributed by atoms with Gasteiger partial charge in [-0.2, -0.15) is 0 Å². The molecule has 0 aromatic heterocycles. The van der Waals surface area contributed by atoms with E-state index in [-0.39, 0.29) is 6.03 Å². The van der Waals surface area contributed by atoms with Crippen molar-refractivity contribution in [3.05, 3.63) is 54.1 Å². The molecule has 0 radical (unpaired) electrons. The Balaban J connectivity index is 1.29. The molecule has 2 amide bonds. The molecule has 2 aliphatic rings. The number of rotatable bonds is 4. The summed E-state index contributed by atoms with van der Waals surface area (Å²) in [6.07, 6.45) is 1.15. The highest BCUT2D eigenvalue weighted by atomic mass is 19.1. The van der Waals surface area contributed by atoms with Crippen molar-refractivity contribution in [1.29, 1.82) is 0 Å². The lowest BCUT2D eigenvalue weighted by atomic mass is 10.2. The third-order valence-electron chi connectivity index (χ3n) is 6.19. The Bertz CT molecular complexity index is 913. The number of halogens is 2. The monoisotopic (exact) mass is 429 g/mol. The van der Waals surface area contributed by atoms with Crippen molar-refractivity contribution in [2.24, 2.45) is 0 Å². The second-order valence-electron chi connectivity index (χ2n) is 8.40. The fourth-order valence-corrected chi connectivity index (χ4v) is 4.24. The van der Waals surface area contributed by atoms with E-state index >= 15 is 0 Å². The van der Waals surface area contributed by atoms with Gasteiger partial charge in [-0.25, -0.2) is 13.6 Å². The van der Waals surface area contributed by atoms with Crippen molar-refractivity contribution in [3.63, 3.8) is 0 Å². The van der Waals surface area contributed by atoms with Crippen molar-refractivity contribution in [3.8, 4) is 0 Å². The maximum Gasteiger partial charge on any atom is 0.321 e. The summed E-state index contributed by atoms with van der Waals surface area (Å²) in [7, 11) is 4.23. The van der Waals surface area contributed by atoms with Crippen molar-refractivity contribution in [1.82, 2.24) is 9.80 Å². The van der Waals surface area contributed by atoms with Crippen LogP contribution in [-0.4, -0.2) is 75.2 Å². The molecule has 166 valence electrons. The molecule has 31 heavy (non-hydrogen) atoms. The summed E-state index contributed by atoms with van der Waals surface area (Å²) in [5.41, 5.74) is 2.29. The van der Waals surface area contributed by atoms with E-state index in [9.17, 15) is 13.6 Å². The fourth-order valence-electron chi connectivity index (χ4n) is 4.24. The normalized spacial score (nSPS) is 19.3. The molecule has 1 atom stereocenters. The number of benzene rings is 2. The van der Waals surface area contributed by atoms with Crippen molar-refractivity contribution >= 4 is 23.1 Å². The summed E-state index contributed by atoms with van der Waals surface area (Å²) >= 11 is 0. The Kier molecular flexibility index (Phi) is 6.27. The molecule has 0 bridgehead atoms. The molecular formula is C23H29F2N5O. The fraction of sp³-hybridized carbons (Fsp3) is 0.435. The minimum absolute atomic E-state index is 0.166. The summed E-state index contributed by atoms with van der Waals surface area (Å²) in [5, 5.41) is 2.95.